The van der Waals surface area contributed by atoms with Crippen molar-refractivity contribution in [2.45, 2.75) is 39.5 Å². The molecular weight excluding hydrogens is 405 g/mol. The lowest BCUT2D eigenvalue weighted by atomic mass is 10.0. The molecule has 3 aromatic rings. The molecular formula is C21H20Cl2F2N2O. The van der Waals surface area contributed by atoms with E-state index in [9.17, 15) is 13.6 Å². The summed E-state index contributed by atoms with van der Waals surface area (Å²) >= 11 is 12.8. The molecule has 0 saturated heterocycles. The average Bonchev–Trinajstić information content (AvgIpc) is 2.94. The first-order valence-corrected chi connectivity index (χ1v) is 9.65. The van der Waals surface area contributed by atoms with Gasteiger partial charge in [0.15, 0.2) is 5.78 Å². The Morgan fingerprint density at radius 1 is 1.21 bits per heavy atom. The minimum Gasteiger partial charge on any atom is -0.331 e. The fourth-order valence-corrected chi connectivity index (χ4v) is 4.01. The molecule has 0 unspecified atom stereocenters. The third-order valence-corrected chi connectivity index (χ3v) is 5.80. The number of aromatic nitrogens is 2. The molecule has 0 aliphatic carbocycles. The molecule has 0 radical (unpaired) electrons. The van der Waals surface area contributed by atoms with Gasteiger partial charge < -0.3 is 4.57 Å². The number of nitrogens with zero attached hydrogens (tertiary/aromatic N) is 2. The van der Waals surface area contributed by atoms with E-state index in [1.54, 1.807) is 32.0 Å². The second-order valence-corrected chi connectivity index (χ2v) is 7.71. The second kappa shape index (κ2) is 7.45. The Kier molecular flexibility index (Phi) is 5.52. The number of alkyl halides is 2. The van der Waals surface area contributed by atoms with Crippen LogP contribution in [0.1, 0.15) is 53.1 Å². The largest absolute Gasteiger partial charge is 0.331 e. The third-order valence-electron chi connectivity index (χ3n) is 5.01. The molecule has 3 nitrogen and oxygen atoms in total. The van der Waals surface area contributed by atoms with Gasteiger partial charge in [0.05, 0.1) is 16.1 Å². The number of benzene rings is 2. The molecule has 0 N–H and O–H groups in total. The molecule has 0 aliphatic rings. The first-order chi connectivity index (χ1) is 13.1. The molecule has 0 saturated carbocycles. The lowest BCUT2D eigenvalue weighted by Gasteiger charge is -2.13. The number of imidazole rings is 1. The summed E-state index contributed by atoms with van der Waals surface area (Å²) in [5.74, 6) is -2.39. The maximum Gasteiger partial charge on any atom is 0.270 e. The quantitative estimate of drug-likeness (QED) is 0.439. The van der Waals surface area contributed by atoms with Crippen LogP contribution in [0.2, 0.25) is 10.0 Å². The van der Waals surface area contributed by atoms with Gasteiger partial charge in [0, 0.05) is 43.0 Å². The van der Waals surface area contributed by atoms with Gasteiger partial charge in [-0.05, 0) is 36.2 Å². The predicted octanol–water partition coefficient (Wildman–Crippen LogP) is 6.48. The molecule has 7 heteroatoms. The molecule has 0 aliphatic heterocycles. The summed E-state index contributed by atoms with van der Waals surface area (Å²) in [5.41, 5.74) is 2.68. The summed E-state index contributed by atoms with van der Waals surface area (Å²) in [7, 11) is 1.82. The van der Waals surface area contributed by atoms with Crippen LogP contribution in [0.5, 0.6) is 0 Å². The van der Waals surface area contributed by atoms with Gasteiger partial charge in [0.2, 0.25) is 0 Å². The van der Waals surface area contributed by atoms with Gasteiger partial charge in [-0.25, -0.2) is 13.8 Å². The normalized spacial score (nSPS) is 12.0. The van der Waals surface area contributed by atoms with Crippen LogP contribution in [-0.2, 0) is 19.4 Å². The zero-order valence-corrected chi connectivity index (χ0v) is 17.6. The molecule has 2 aromatic carbocycles. The Hall–Kier alpha value is -1.98. The number of ketones is 1. The van der Waals surface area contributed by atoms with Crippen LogP contribution in [0.4, 0.5) is 8.78 Å². The maximum absolute atomic E-state index is 13.9. The Morgan fingerprint density at radius 2 is 1.89 bits per heavy atom. The summed E-state index contributed by atoms with van der Waals surface area (Å²) in [6.45, 7) is 4.29. The van der Waals surface area contributed by atoms with E-state index in [1.165, 1.54) is 6.07 Å². The third kappa shape index (κ3) is 3.53. The second-order valence-electron chi connectivity index (χ2n) is 6.92. The van der Waals surface area contributed by atoms with E-state index in [-0.39, 0.29) is 17.8 Å². The number of hydrogen-bond donors (Lipinski definition) is 0. The van der Waals surface area contributed by atoms with E-state index in [4.69, 9.17) is 23.2 Å². The van der Waals surface area contributed by atoms with Crippen molar-refractivity contribution in [2.24, 2.45) is 7.05 Å². The molecule has 1 heterocycles. The van der Waals surface area contributed by atoms with Gasteiger partial charge in [-0.2, -0.15) is 0 Å². The molecule has 0 amide bonds. The van der Waals surface area contributed by atoms with Crippen molar-refractivity contribution in [3.05, 3.63) is 62.4 Å². The topological polar surface area (TPSA) is 34.9 Å². The van der Waals surface area contributed by atoms with Crippen molar-refractivity contribution in [3.63, 3.8) is 0 Å². The van der Waals surface area contributed by atoms with Crippen LogP contribution in [-0.4, -0.2) is 15.3 Å². The summed E-state index contributed by atoms with van der Waals surface area (Å²) in [6.07, 6.45) is 0.616. The van der Waals surface area contributed by atoms with Crippen LogP contribution in [0.3, 0.4) is 0 Å². The summed E-state index contributed by atoms with van der Waals surface area (Å²) < 4.78 is 29.5. The lowest BCUT2D eigenvalue weighted by molar-refractivity contribution is 0.0169. The Morgan fingerprint density at radius 3 is 2.50 bits per heavy atom. The van der Waals surface area contributed by atoms with Crippen LogP contribution in [0.15, 0.2) is 24.3 Å². The lowest BCUT2D eigenvalue weighted by Crippen LogP contribution is -2.09. The van der Waals surface area contributed by atoms with Crippen molar-refractivity contribution in [1.29, 1.82) is 0 Å². The number of fused-ring (bicyclic) bond motifs is 1. The highest BCUT2D eigenvalue weighted by atomic mass is 35.5. The van der Waals surface area contributed by atoms with E-state index >= 15 is 0 Å². The van der Waals surface area contributed by atoms with Gasteiger partial charge >= 0.3 is 0 Å². The van der Waals surface area contributed by atoms with E-state index < -0.39 is 5.92 Å². The highest BCUT2D eigenvalue weighted by Crippen LogP contribution is 2.35. The first kappa shape index (κ1) is 20.7. The van der Waals surface area contributed by atoms with Gasteiger partial charge in [0.1, 0.15) is 5.82 Å². The van der Waals surface area contributed by atoms with Crippen LogP contribution >= 0.6 is 23.2 Å². The highest BCUT2D eigenvalue weighted by molar-refractivity contribution is 6.38. The van der Waals surface area contributed by atoms with Crippen LogP contribution in [0.25, 0.3) is 11.0 Å². The van der Waals surface area contributed by atoms with Crippen molar-refractivity contribution >= 4 is 40.0 Å². The summed E-state index contributed by atoms with van der Waals surface area (Å²) in [4.78, 5) is 16.7. The molecule has 0 spiro atoms. The van der Waals surface area contributed by atoms with Gasteiger partial charge in [0.25, 0.3) is 5.92 Å². The van der Waals surface area contributed by atoms with Gasteiger partial charge in [-0.3, -0.25) is 4.79 Å². The molecule has 0 bridgehead atoms. The number of halogens is 4. The number of hydrogen-bond acceptors (Lipinski definition) is 2. The SMILES string of the molecule is CCC(=O)c1ccc(Cl)c(Cc2nc3c(C)c(C(C)(F)F)ccc3n2C)c1Cl. The average molecular weight is 425 g/mol. The van der Waals surface area contributed by atoms with Crippen molar-refractivity contribution < 1.29 is 13.6 Å². The number of Topliss-reactive ketones (excluding diaryl/α,β-unsaturated/α-hetero) is 1. The fourth-order valence-electron chi connectivity index (χ4n) is 3.40. The van der Waals surface area contributed by atoms with Gasteiger partial charge in [-0.1, -0.05) is 36.2 Å². The number of carbonyl (C=O) groups is 1. The smallest absolute Gasteiger partial charge is 0.270 e. The standard InChI is InChI=1S/C21H20Cl2F2N2O/c1-5-17(28)12-6-8-15(22)13(19(12)23)10-18-26-20-11(2)14(21(3,24)25)7-9-16(20)27(18)4/h6-9H,5,10H2,1-4H3. The first-order valence-electron chi connectivity index (χ1n) is 8.89. The number of aryl methyl sites for hydroxylation is 2. The zero-order valence-electron chi connectivity index (χ0n) is 16.0. The minimum atomic E-state index is -2.95. The monoisotopic (exact) mass is 424 g/mol. The van der Waals surface area contributed by atoms with Crippen molar-refractivity contribution in [2.75, 3.05) is 0 Å². The molecule has 3 rings (SSSR count). The Balaban J connectivity index is 2.13. The van der Waals surface area contributed by atoms with E-state index in [0.717, 1.165) is 12.4 Å². The Bertz CT molecular complexity index is 1080. The maximum atomic E-state index is 13.9. The fraction of sp³-hybridized carbons (Fsp3) is 0.333. The van der Waals surface area contributed by atoms with E-state index in [2.05, 4.69) is 4.98 Å². The van der Waals surface area contributed by atoms with Crippen LogP contribution in [0, 0.1) is 6.92 Å². The molecule has 0 atom stereocenters. The predicted molar refractivity (Wildman–Crippen MR) is 109 cm³/mol. The molecule has 148 valence electrons. The zero-order chi connectivity index (χ0) is 20.8. The van der Waals surface area contributed by atoms with Gasteiger partial charge in [-0.15, -0.1) is 0 Å². The summed E-state index contributed by atoms with van der Waals surface area (Å²) in [5, 5.41) is 0.742. The molecule has 28 heavy (non-hydrogen) atoms. The number of rotatable bonds is 5. The number of carbonyl (C=O) groups excluding carboxylic acids is 1. The summed E-state index contributed by atoms with van der Waals surface area (Å²) in [6, 6.07) is 6.35. The molecule has 0 fully saturated rings. The van der Waals surface area contributed by atoms with Crippen molar-refractivity contribution in [1.82, 2.24) is 9.55 Å². The minimum absolute atomic E-state index is 0.0451. The molecule has 1 aromatic heterocycles. The van der Waals surface area contributed by atoms with E-state index in [1.807, 2.05) is 11.6 Å². The van der Waals surface area contributed by atoms with Crippen LogP contribution < -0.4 is 0 Å². The highest BCUT2D eigenvalue weighted by Gasteiger charge is 2.28. The van der Waals surface area contributed by atoms with E-state index in [0.29, 0.717) is 44.5 Å². The van der Waals surface area contributed by atoms with Crippen molar-refractivity contribution in [3.8, 4) is 0 Å². The Labute approximate surface area is 172 Å².